The fraction of sp³-hybridized carbons (Fsp3) is 0.500. The summed E-state index contributed by atoms with van der Waals surface area (Å²) < 4.78 is 39.3. The maximum absolute atomic E-state index is 13.8. The number of hydrogen-bond donors (Lipinski definition) is 1. The molecule has 1 N–H and O–H groups in total. The zero-order valence-corrected chi connectivity index (χ0v) is 20.6. The standard InChI is InChI=1S/C26H32F2N6O2/c1-35-22-16-20-21(17-23(22)36-15-5-12-33-10-2-3-11-33)31-25(34-13-7-26(27,28)8-14-34)32-24(20)30-19-6-4-9-29-18-19/h4,6,9,16-18H,2-3,5,7-8,10-15H2,1H3,(H,30,31,32). The van der Waals surface area contributed by atoms with Gasteiger partial charge in [-0.25, -0.2) is 13.8 Å². The molecular weight excluding hydrogens is 466 g/mol. The highest BCUT2D eigenvalue weighted by molar-refractivity contribution is 5.94. The van der Waals surface area contributed by atoms with E-state index in [4.69, 9.17) is 19.4 Å². The van der Waals surface area contributed by atoms with Crippen LogP contribution in [0, 0.1) is 0 Å². The Kier molecular flexibility index (Phi) is 7.31. The van der Waals surface area contributed by atoms with Crippen LogP contribution in [0.2, 0.25) is 0 Å². The number of anilines is 3. The number of aromatic nitrogens is 3. The van der Waals surface area contributed by atoms with Crippen molar-refractivity contribution in [3.05, 3.63) is 36.7 Å². The van der Waals surface area contributed by atoms with Crippen molar-refractivity contribution in [2.24, 2.45) is 0 Å². The molecule has 3 aromatic rings. The number of alkyl halides is 2. The highest BCUT2D eigenvalue weighted by Crippen LogP contribution is 2.37. The Bertz CT molecular complexity index is 1160. The summed E-state index contributed by atoms with van der Waals surface area (Å²) in [7, 11) is 1.61. The molecule has 192 valence electrons. The van der Waals surface area contributed by atoms with Crippen molar-refractivity contribution in [2.75, 3.05) is 56.7 Å². The van der Waals surface area contributed by atoms with Gasteiger partial charge >= 0.3 is 0 Å². The number of ether oxygens (including phenoxy) is 2. The third-order valence-corrected chi connectivity index (χ3v) is 6.75. The lowest BCUT2D eigenvalue weighted by Crippen LogP contribution is -2.40. The van der Waals surface area contributed by atoms with E-state index in [-0.39, 0.29) is 25.9 Å². The minimum Gasteiger partial charge on any atom is -0.493 e. The van der Waals surface area contributed by atoms with Gasteiger partial charge in [-0.05, 0) is 50.6 Å². The molecule has 0 amide bonds. The first-order chi connectivity index (χ1) is 17.5. The van der Waals surface area contributed by atoms with E-state index in [0.29, 0.717) is 35.4 Å². The van der Waals surface area contributed by atoms with Gasteiger partial charge in [0.15, 0.2) is 11.5 Å². The fourth-order valence-corrected chi connectivity index (χ4v) is 4.72. The molecule has 2 aliphatic rings. The van der Waals surface area contributed by atoms with E-state index in [1.54, 1.807) is 19.5 Å². The Morgan fingerprint density at radius 2 is 1.86 bits per heavy atom. The predicted molar refractivity (Wildman–Crippen MR) is 136 cm³/mol. The van der Waals surface area contributed by atoms with Gasteiger partial charge in [0.2, 0.25) is 5.95 Å². The van der Waals surface area contributed by atoms with E-state index in [2.05, 4.69) is 15.2 Å². The number of fused-ring (bicyclic) bond motifs is 1. The van der Waals surface area contributed by atoms with E-state index in [9.17, 15) is 8.78 Å². The largest absolute Gasteiger partial charge is 0.493 e. The highest BCUT2D eigenvalue weighted by atomic mass is 19.3. The maximum Gasteiger partial charge on any atom is 0.251 e. The van der Waals surface area contributed by atoms with E-state index < -0.39 is 5.92 Å². The molecular formula is C26H32F2N6O2. The summed E-state index contributed by atoms with van der Waals surface area (Å²) in [6.45, 7) is 4.29. The molecule has 4 heterocycles. The summed E-state index contributed by atoms with van der Waals surface area (Å²) in [5, 5.41) is 4.05. The smallest absolute Gasteiger partial charge is 0.251 e. The molecule has 0 atom stereocenters. The Morgan fingerprint density at radius 3 is 2.58 bits per heavy atom. The van der Waals surface area contributed by atoms with Crippen molar-refractivity contribution in [2.45, 2.75) is 38.0 Å². The average Bonchev–Trinajstić information content (AvgIpc) is 3.40. The van der Waals surface area contributed by atoms with Crippen LogP contribution in [-0.4, -0.2) is 72.2 Å². The molecule has 0 radical (unpaired) electrons. The van der Waals surface area contributed by atoms with Crippen LogP contribution in [-0.2, 0) is 0 Å². The van der Waals surface area contributed by atoms with Gasteiger partial charge in [0.05, 0.1) is 31.1 Å². The zero-order chi connectivity index (χ0) is 25.0. The SMILES string of the molecule is COc1cc2c(Nc3cccnc3)nc(N3CCC(F)(F)CC3)nc2cc1OCCCN1CCCC1. The molecule has 0 unspecified atom stereocenters. The second-order valence-electron chi connectivity index (χ2n) is 9.35. The van der Waals surface area contributed by atoms with Crippen LogP contribution in [0.5, 0.6) is 11.5 Å². The van der Waals surface area contributed by atoms with Crippen molar-refractivity contribution < 1.29 is 18.3 Å². The average molecular weight is 499 g/mol. The number of rotatable bonds is 9. The predicted octanol–water partition coefficient (Wildman–Crippen LogP) is 4.88. The minimum absolute atomic E-state index is 0.195. The van der Waals surface area contributed by atoms with Crippen LogP contribution in [0.1, 0.15) is 32.1 Å². The number of likely N-dealkylation sites (tertiary alicyclic amines) is 1. The van der Waals surface area contributed by atoms with Crippen molar-refractivity contribution >= 4 is 28.4 Å². The lowest BCUT2D eigenvalue weighted by atomic mass is 10.1. The summed E-state index contributed by atoms with van der Waals surface area (Å²) in [5.74, 6) is -0.484. The summed E-state index contributed by atoms with van der Waals surface area (Å²) >= 11 is 0. The first-order valence-corrected chi connectivity index (χ1v) is 12.6. The van der Waals surface area contributed by atoms with Crippen LogP contribution in [0.15, 0.2) is 36.7 Å². The first-order valence-electron chi connectivity index (χ1n) is 12.6. The molecule has 1 aromatic carbocycles. The third kappa shape index (κ3) is 5.75. The van der Waals surface area contributed by atoms with Crippen molar-refractivity contribution in [3.63, 3.8) is 0 Å². The lowest BCUT2D eigenvalue weighted by molar-refractivity contribution is -0.0222. The quantitative estimate of drug-likeness (QED) is 0.419. The van der Waals surface area contributed by atoms with Crippen molar-refractivity contribution in [1.29, 1.82) is 0 Å². The van der Waals surface area contributed by atoms with Gasteiger partial charge in [-0.2, -0.15) is 4.98 Å². The Balaban J connectivity index is 1.44. The van der Waals surface area contributed by atoms with Crippen LogP contribution in [0.25, 0.3) is 10.9 Å². The summed E-state index contributed by atoms with van der Waals surface area (Å²) in [6.07, 6.45) is 6.42. The number of hydrogen-bond acceptors (Lipinski definition) is 8. The molecule has 0 saturated carbocycles. The normalized spacial score (nSPS) is 17.9. The van der Waals surface area contributed by atoms with Gasteiger partial charge < -0.3 is 24.6 Å². The molecule has 8 nitrogen and oxygen atoms in total. The molecule has 10 heteroatoms. The van der Waals surface area contributed by atoms with Crippen LogP contribution in [0.3, 0.4) is 0 Å². The molecule has 5 rings (SSSR count). The second-order valence-corrected chi connectivity index (χ2v) is 9.35. The Morgan fingerprint density at radius 1 is 1.06 bits per heavy atom. The van der Waals surface area contributed by atoms with Gasteiger partial charge in [-0.3, -0.25) is 4.98 Å². The summed E-state index contributed by atoms with van der Waals surface area (Å²) in [5.41, 5.74) is 1.41. The number of methoxy groups -OCH3 is 1. The minimum atomic E-state index is -2.65. The molecule has 0 bridgehead atoms. The highest BCUT2D eigenvalue weighted by Gasteiger charge is 2.35. The molecule has 2 saturated heterocycles. The monoisotopic (exact) mass is 498 g/mol. The maximum atomic E-state index is 13.8. The molecule has 0 spiro atoms. The van der Waals surface area contributed by atoms with E-state index in [1.165, 1.54) is 12.8 Å². The number of pyridine rings is 1. The zero-order valence-electron chi connectivity index (χ0n) is 20.6. The number of piperidine rings is 1. The molecule has 2 aliphatic heterocycles. The lowest BCUT2D eigenvalue weighted by Gasteiger charge is -2.32. The Hall–Kier alpha value is -3.27. The fourth-order valence-electron chi connectivity index (χ4n) is 4.72. The third-order valence-electron chi connectivity index (χ3n) is 6.75. The van der Waals surface area contributed by atoms with Gasteiger partial charge in [0.1, 0.15) is 5.82 Å². The molecule has 36 heavy (non-hydrogen) atoms. The summed E-state index contributed by atoms with van der Waals surface area (Å²) in [6, 6.07) is 7.42. The number of benzene rings is 1. The van der Waals surface area contributed by atoms with Crippen LogP contribution in [0.4, 0.5) is 26.2 Å². The molecule has 2 fully saturated rings. The van der Waals surface area contributed by atoms with Gasteiger partial charge in [0.25, 0.3) is 5.92 Å². The number of nitrogens with zero attached hydrogens (tertiary/aromatic N) is 5. The summed E-state index contributed by atoms with van der Waals surface area (Å²) in [4.78, 5) is 17.9. The number of halogens is 2. The van der Waals surface area contributed by atoms with E-state index >= 15 is 0 Å². The second kappa shape index (κ2) is 10.8. The van der Waals surface area contributed by atoms with Crippen molar-refractivity contribution in [3.8, 4) is 11.5 Å². The number of nitrogens with one attached hydrogen (secondary N) is 1. The van der Waals surface area contributed by atoms with Gasteiger partial charge in [-0.1, -0.05) is 0 Å². The Labute approximate surface area is 209 Å². The van der Waals surface area contributed by atoms with Crippen LogP contribution >= 0.6 is 0 Å². The van der Waals surface area contributed by atoms with E-state index in [1.807, 2.05) is 29.2 Å². The first kappa shape index (κ1) is 24.4. The van der Waals surface area contributed by atoms with Crippen LogP contribution < -0.4 is 19.7 Å². The van der Waals surface area contributed by atoms with Gasteiger partial charge in [-0.15, -0.1) is 0 Å². The molecule has 0 aliphatic carbocycles. The van der Waals surface area contributed by atoms with Gasteiger partial charge in [0, 0.05) is 50.1 Å². The molecule has 2 aromatic heterocycles. The van der Waals surface area contributed by atoms with E-state index in [0.717, 1.165) is 37.1 Å². The topological polar surface area (TPSA) is 75.6 Å². The van der Waals surface area contributed by atoms with Crippen molar-refractivity contribution in [1.82, 2.24) is 19.9 Å².